The summed E-state index contributed by atoms with van der Waals surface area (Å²) in [5.41, 5.74) is 0. The summed E-state index contributed by atoms with van der Waals surface area (Å²) < 4.78 is 18.5. The van der Waals surface area contributed by atoms with E-state index in [1.54, 1.807) is 0 Å². The molecular weight excluding hydrogens is 171 g/mol. The molecule has 0 aliphatic carbocycles. The normalized spacial score (nSPS) is 16.2. The van der Waals surface area contributed by atoms with Crippen LogP contribution in [0.4, 0.5) is 0 Å². The molecule has 0 bridgehead atoms. The van der Waals surface area contributed by atoms with Crippen molar-refractivity contribution in [2.24, 2.45) is 0 Å². The van der Waals surface area contributed by atoms with Crippen molar-refractivity contribution in [2.75, 3.05) is 5.75 Å². The van der Waals surface area contributed by atoms with Gasteiger partial charge in [0.25, 0.3) is 0 Å². The van der Waals surface area contributed by atoms with Crippen LogP contribution in [0.3, 0.4) is 0 Å². The molecule has 0 aliphatic rings. The van der Waals surface area contributed by atoms with E-state index in [0.29, 0.717) is 6.42 Å². The SMILES string of the molecule is CCCS(=O)(O)=S.[H-].[K+]. The Morgan fingerprint density at radius 1 is 1.88 bits per heavy atom. The van der Waals surface area contributed by atoms with E-state index < -0.39 is 8.77 Å². The van der Waals surface area contributed by atoms with Crippen molar-refractivity contribution in [1.29, 1.82) is 0 Å². The molecule has 0 aromatic rings. The third kappa shape index (κ3) is 10.9. The molecule has 5 heteroatoms. The average molecular weight is 180 g/mol. The maximum atomic E-state index is 10.2. The van der Waals surface area contributed by atoms with Crippen LogP contribution >= 0.6 is 0 Å². The Hall–Kier alpha value is 1.97. The summed E-state index contributed by atoms with van der Waals surface area (Å²) in [7, 11) is -2.84. The fraction of sp³-hybridized carbons (Fsp3) is 1.00. The van der Waals surface area contributed by atoms with Gasteiger partial charge in [-0.15, -0.1) is 0 Å². The number of hydrogen-bond donors (Lipinski definition) is 1. The summed E-state index contributed by atoms with van der Waals surface area (Å²) in [5.74, 6) is 0.238. The molecule has 8 heavy (non-hydrogen) atoms. The zero-order valence-corrected chi connectivity index (χ0v) is 9.84. The Bertz CT molecular complexity index is 133. The monoisotopic (exact) mass is 180 g/mol. The molecule has 1 N–H and O–H groups in total. The Morgan fingerprint density at radius 2 is 2.25 bits per heavy atom. The second-order valence-electron chi connectivity index (χ2n) is 1.29. The largest absolute Gasteiger partial charge is 1.00 e. The fourth-order valence-electron chi connectivity index (χ4n) is 0.258. The van der Waals surface area contributed by atoms with E-state index in [9.17, 15) is 4.21 Å². The molecule has 0 saturated carbocycles. The first-order chi connectivity index (χ1) is 3.06. The maximum absolute atomic E-state index is 10.2. The first kappa shape index (κ1) is 12.6. The topological polar surface area (TPSA) is 37.3 Å². The molecule has 46 valence electrons. The quantitative estimate of drug-likeness (QED) is 0.487. The zero-order valence-electron chi connectivity index (χ0n) is 6.09. The van der Waals surface area contributed by atoms with Gasteiger partial charge in [-0.05, 0) is 6.42 Å². The van der Waals surface area contributed by atoms with Crippen molar-refractivity contribution >= 4 is 20.0 Å². The van der Waals surface area contributed by atoms with Crippen LogP contribution < -0.4 is 51.4 Å². The first-order valence-corrected chi connectivity index (χ1v) is 4.62. The minimum Gasteiger partial charge on any atom is -1.00 e. The zero-order chi connectivity index (χ0) is 5.91. The smallest absolute Gasteiger partial charge is 1.00 e. The third-order valence-electron chi connectivity index (χ3n) is 0.462. The van der Waals surface area contributed by atoms with Gasteiger partial charge in [0.05, 0.1) is 0 Å². The molecule has 1 atom stereocenters. The molecule has 0 saturated heterocycles. The summed E-state index contributed by atoms with van der Waals surface area (Å²) in [6.45, 7) is 1.82. The van der Waals surface area contributed by atoms with Gasteiger partial charge in [0, 0.05) is 16.9 Å². The molecule has 0 aromatic carbocycles. The molecule has 0 aliphatic heterocycles. The molecule has 1 unspecified atom stereocenters. The van der Waals surface area contributed by atoms with E-state index >= 15 is 0 Å². The van der Waals surface area contributed by atoms with Gasteiger partial charge in [-0.2, -0.15) is 0 Å². The minimum atomic E-state index is -2.84. The molecule has 0 aromatic heterocycles. The molecule has 0 fully saturated rings. The summed E-state index contributed by atoms with van der Waals surface area (Å²) in [6, 6.07) is 0. The molecule has 0 spiro atoms. The van der Waals surface area contributed by atoms with Gasteiger partial charge in [-0.1, -0.05) is 6.92 Å². The van der Waals surface area contributed by atoms with Crippen molar-refractivity contribution in [3.05, 3.63) is 0 Å². The Labute approximate surface area is 98.8 Å². The van der Waals surface area contributed by atoms with Crippen LogP contribution in [-0.4, -0.2) is 14.5 Å². The number of rotatable bonds is 2. The van der Waals surface area contributed by atoms with Gasteiger partial charge in [0.15, 0.2) is 0 Å². The van der Waals surface area contributed by atoms with Crippen molar-refractivity contribution < 1.29 is 61.6 Å². The van der Waals surface area contributed by atoms with Gasteiger partial charge < -0.3 is 5.98 Å². The third-order valence-corrected chi connectivity index (χ3v) is 1.89. The van der Waals surface area contributed by atoms with Crippen LogP contribution in [0.25, 0.3) is 0 Å². The van der Waals surface area contributed by atoms with E-state index in [0.717, 1.165) is 0 Å². The van der Waals surface area contributed by atoms with E-state index in [1.165, 1.54) is 0 Å². The Morgan fingerprint density at radius 3 is 2.25 bits per heavy atom. The van der Waals surface area contributed by atoms with Gasteiger partial charge >= 0.3 is 51.4 Å². The van der Waals surface area contributed by atoms with Crippen LogP contribution in [0.5, 0.6) is 0 Å². The van der Waals surface area contributed by atoms with Gasteiger partial charge in [-0.25, -0.2) is 4.21 Å². The second kappa shape index (κ2) is 5.73. The standard InChI is InChI=1S/C3H8O2S2.K.H/c1-2-3-7(4,5)6;;/h2-3H2,1H3,(H,4,5,6);;/q;+1;-1. The molecular formula is C3H9KO2S2. The number of hydrogen-bond acceptors (Lipinski definition) is 2. The van der Waals surface area contributed by atoms with Crippen molar-refractivity contribution in [2.45, 2.75) is 13.3 Å². The van der Waals surface area contributed by atoms with Gasteiger partial charge in [0.2, 0.25) is 0 Å². The van der Waals surface area contributed by atoms with E-state index in [4.69, 9.17) is 4.55 Å². The van der Waals surface area contributed by atoms with Gasteiger partial charge in [-0.3, -0.25) is 0 Å². The fourth-order valence-corrected chi connectivity index (χ4v) is 1.27. The van der Waals surface area contributed by atoms with E-state index in [1.807, 2.05) is 6.92 Å². The molecule has 0 amide bonds. The van der Waals surface area contributed by atoms with Crippen LogP contribution in [0.1, 0.15) is 14.8 Å². The first-order valence-electron chi connectivity index (χ1n) is 2.01. The van der Waals surface area contributed by atoms with Crippen molar-refractivity contribution in [1.82, 2.24) is 0 Å². The molecule has 0 rings (SSSR count). The summed E-state index contributed by atoms with van der Waals surface area (Å²) >= 11 is 4.17. The summed E-state index contributed by atoms with van der Waals surface area (Å²) in [4.78, 5) is 0. The minimum absolute atomic E-state index is 0. The van der Waals surface area contributed by atoms with Crippen LogP contribution in [0.2, 0.25) is 0 Å². The molecule has 2 nitrogen and oxygen atoms in total. The van der Waals surface area contributed by atoms with E-state index in [2.05, 4.69) is 11.2 Å². The van der Waals surface area contributed by atoms with E-state index in [-0.39, 0.29) is 58.6 Å². The summed E-state index contributed by atoms with van der Waals surface area (Å²) in [5, 5.41) is 0. The predicted molar refractivity (Wildman–Crippen MR) is 34.4 cm³/mol. The average Bonchev–Trinajstić information content (AvgIpc) is 1.30. The molecule has 0 radical (unpaired) electrons. The van der Waals surface area contributed by atoms with Crippen LogP contribution in [0, 0.1) is 0 Å². The van der Waals surface area contributed by atoms with Crippen LogP contribution in [0.15, 0.2) is 0 Å². The van der Waals surface area contributed by atoms with Crippen molar-refractivity contribution in [3.8, 4) is 0 Å². The summed E-state index contributed by atoms with van der Waals surface area (Å²) in [6.07, 6.45) is 0.679. The van der Waals surface area contributed by atoms with Crippen molar-refractivity contribution in [3.63, 3.8) is 0 Å². The van der Waals surface area contributed by atoms with Gasteiger partial charge in [0.1, 0.15) is 8.77 Å². The van der Waals surface area contributed by atoms with Crippen LogP contribution in [-0.2, 0) is 20.0 Å². The Kier molecular flexibility index (Phi) is 9.04. The second-order valence-corrected chi connectivity index (χ2v) is 4.42. The predicted octanol–water partition coefficient (Wildman–Crippen LogP) is -2.27. The Balaban J connectivity index is -0.000000180. The molecule has 0 heterocycles. The maximum Gasteiger partial charge on any atom is 1.00 e.